The Morgan fingerprint density at radius 2 is 0.947 bits per heavy atom. The quantitative estimate of drug-likeness (QED) is 0.163. The van der Waals surface area contributed by atoms with Gasteiger partial charge in [-0.3, -0.25) is 0 Å². The van der Waals surface area contributed by atoms with Crippen LogP contribution in [0.25, 0.3) is 82.8 Å². The number of furan rings is 1. The number of nitrogens with zero attached hydrogens (tertiary/aromatic N) is 2. The zero-order valence-corrected chi connectivity index (χ0v) is 31.1. The second kappa shape index (κ2) is 13.6. The molecule has 0 aliphatic rings. The molecule has 0 radical (unpaired) electrons. The Morgan fingerprint density at radius 1 is 0.351 bits per heavy atom. The molecule has 3 heteroatoms. The monoisotopic (exact) mass is 728 g/mol. The maximum Gasteiger partial charge on any atom is 0.137 e. The van der Waals surface area contributed by atoms with E-state index in [1.807, 2.05) is 12.1 Å². The first-order valence-corrected chi connectivity index (χ1v) is 19.4. The summed E-state index contributed by atoms with van der Waals surface area (Å²) in [6.45, 7) is 0. The number of fused-ring (bicyclic) bond motifs is 6. The lowest BCUT2D eigenvalue weighted by atomic mass is 9.96. The van der Waals surface area contributed by atoms with Crippen LogP contribution in [0.2, 0.25) is 0 Å². The Balaban J connectivity index is 1.17. The van der Waals surface area contributed by atoms with Crippen LogP contribution in [0.15, 0.2) is 223 Å². The standard InChI is InChI=1S/C54H36N2O/c1-4-16-37(17-5-1)39-20-14-21-40(34-39)45-26-15-28-50-54(45)48-33-31-42(35-51(48)56(50)41-22-8-3-9-23-41)55(49-27-12-10-24-44(49)38-18-6-2-7-19-38)43-30-32-47-46-25-11-13-29-52(46)57-53(47)36-43/h1-36H. The Hall–Kier alpha value is -7.62. The topological polar surface area (TPSA) is 21.3 Å². The third-order valence-electron chi connectivity index (χ3n) is 11.2. The number of hydrogen-bond donors (Lipinski definition) is 0. The van der Waals surface area contributed by atoms with Gasteiger partial charge in [-0.2, -0.15) is 0 Å². The molecule has 0 fully saturated rings. The molecule has 0 atom stereocenters. The van der Waals surface area contributed by atoms with Crippen LogP contribution in [0, 0.1) is 0 Å². The normalized spacial score (nSPS) is 11.5. The largest absolute Gasteiger partial charge is 0.456 e. The van der Waals surface area contributed by atoms with Crippen LogP contribution in [0.3, 0.4) is 0 Å². The van der Waals surface area contributed by atoms with Crippen molar-refractivity contribution in [1.29, 1.82) is 0 Å². The predicted molar refractivity (Wildman–Crippen MR) is 239 cm³/mol. The first-order chi connectivity index (χ1) is 28.3. The summed E-state index contributed by atoms with van der Waals surface area (Å²) < 4.78 is 8.90. The summed E-state index contributed by atoms with van der Waals surface area (Å²) in [5.74, 6) is 0. The predicted octanol–water partition coefficient (Wildman–Crippen LogP) is 15.2. The van der Waals surface area contributed by atoms with E-state index in [0.29, 0.717) is 0 Å². The number of aromatic nitrogens is 1. The minimum Gasteiger partial charge on any atom is -0.456 e. The molecule has 0 bridgehead atoms. The van der Waals surface area contributed by atoms with Gasteiger partial charge in [-0.15, -0.1) is 0 Å². The molecule has 0 N–H and O–H groups in total. The van der Waals surface area contributed by atoms with Crippen molar-refractivity contribution in [2.75, 3.05) is 4.90 Å². The highest BCUT2D eigenvalue weighted by atomic mass is 16.3. The van der Waals surface area contributed by atoms with Crippen LogP contribution < -0.4 is 4.90 Å². The van der Waals surface area contributed by atoms with Gasteiger partial charge < -0.3 is 13.9 Å². The molecule has 0 saturated heterocycles. The number of para-hydroxylation sites is 3. The van der Waals surface area contributed by atoms with E-state index in [1.54, 1.807) is 0 Å². The fourth-order valence-corrected chi connectivity index (χ4v) is 8.60. The smallest absolute Gasteiger partial charge is 0.137 e. The highest BCUT2D eigenvalue weighted by Crippen LogP contribution is 2.46. The summed E-state index contributed by atoms with van der Waals surface area (Å²) in [5.41, 5.74) is 15.4. The maximum absolute atomic E-state index is 6.48. The second-order valence-corrected chi connectivity index (χ2v) is 14.5. The zero-order valence-electron chi connectivity index (χ0n) is 31.1. The summed E-state index contributed by atoms with van der Waals surface area (Å²) in [7, 11) is 0. The van der Waals surface area contributed by atoms with Crippen molar-refractivity contribution in [3.05, 3.63) is 218 Å². The first-order valence-electron chi connectivity index (χ1n) is 19.4. The molecule has 3 nitrogen and oxygen atoms in total. The van der Waals surface area contributed by atoms with Crippen LogP contribution >= 0.6 is 0 Å². The molecular weight excluding hydrogens is 693 g/mol. The third-order valence-corrected chi connectivity index (χ3v) is 11.2. The SMILES string of the molecule is c1ccc(-c2cccc(-c3cccc4c3c3ccc(N(c5ccc6c(c5)oc5ccccc56)c5ccccc5-c5ccccc5)cc3n4-c3ccccc3)c2)cc1. The molecule has 2 heterocycles. The van der Waals surface area contributed by atoms with Crippen molar-refractivity contribution in [1.82, 2.24) is 4.57 Å². The maximum atomic E-state index is 6.48. The number of anilines is 3. The van der Waals surface area contributed by atoms with Gasteiger partial charge in [0.1, 0.15) is 11.2 Å². The van der Waals surface area contributed by atoms with E-state index in [1.165, 1.54) is 33.0 Å². The van der Waals surface area contributed by atoms with Crippen LogP contribution in [0.1, 0.15) is 0 Å². The summed E-state index contributed by atoms with van der Waals surface area (Å²) in [4.78, 5) is 2.38. The lowest BCUT2D eigenvalue weighted by molar-refractivity contribution is 0.669. The minimum absolute atomic E-state index is 0.859. The lowest BCUT2D eigenvalue weighted by Gasteiger charge is -2.28. The van der Waals surface area contributed by atoms with E-state index in [0.717, 1.165) is 66.8 Å². The van der Waals surface area contributed by atoms with Crippen molar-refractivity contribution >= 4 is 60.8 Å². The van der Waals surface area contributed by atoms with Crippen molar-refractivity contribution in [2.45, 2.75) is 0 Å². The summed E-state index contributed by atoms with van der Waals surface area (Å²) >= 11 is 0. The van der Waals surface area contributed by atoms with Gasteiger partial charge in [0.2, 0.25) is 0 Å². The molecule has 0 saturated carbocycles. The van der Waals surface area contributed by atoms with Gasteiger partial charge in [-0.25, -0.2) is 0 Å². The van der Waals surface area contributed by atoms with E-state index < -0.39 is 0 Å². The fourth-order valence-electron chi connectivity index (χ4n) is 8.60. The third kappa shape index (κ3) is 5.60. The summed E-state index contributed by atoms with van der Waals surface area (Å²) in [5, 5.41) is 4.65. The number of rotatable bonds is 7. The van der Waals surface area contributed by atoms with Crippen molar-refractivity contribution in [2.24, 2.45) is 0 Å². The van der Waals surface area contributed by atoms with Crippen molar-refractivity contribution in [3.8, 4) is 39.1 Å². The summed E-state index contributed by atoms with van der Waals surface area (Å²) in [6.07, 6.45) is 0. The average Bonchev–Trinajstić information content (AvgIpc) is 3.83. The molecule has 0 unspecified atom stereocenters. The van der Waals surface area contributed by atoms with Gasteiger partial charge in [0.25, 0.3) is 0 Å². The van der Waals surface area contributed by atoms with Crippen LogP contribution in [0.4, 0.5) is 17.1 Å². The van der Waals surface area contributed by atoms with Crippen LogP contribution in [-0.2, 0) is 0 Å². The van der Waals surface area contributed by atoms with E-state index in [9.17, 15) is 0 Å². The van der Waals surface area contributed by atoms with Crippen LogP contribution in [0.5, 0.6) is 0 Å². The lowest BCUT2D eigenvalue weighted by Crippen LogP contribution is -2.11. The zero-order chi connectivity index (χ0) is 37.7. The molecule has 268 valence electrons. The minimum atomic E-state index is 0.859. The van der Waals surface area contributed by atoms with E-state index in [2.05, 4.69) is 216 Å². The van der Waals surface area contributed by atoms with Gasteiger partial charge in [0.05, 0.1) is 16.7 Å². The van der Waals surface area contributed by atoms with Gasteiger partial charge in [-0.1, -0.05) is 152 Å². The van der Waals surface area contributed by atoms with Crippen molar-refractivity contribution < 1.29 is 4.42 Å². The molecule has 2 aromatic heterocycles. The van der Waals surface area contributed by atoms with Gasteiger partial charge in [-0.05, 0) is 88.5 Å². The summed E-state index contributed by atoms with van der Waals surface area (Å²) in [6, 6.07) is 78.2. The van der Waals surface area contributed by atoms with Gasteiger partial charge in [0, 0.05) is 50.2 Å². The first kappa shape index (κ1) is 32.8. The molecule has 0 amide bonds. The molecule has 0 spiro atoms. The van der Waals surface area contributed by atoms with Gasteiger partial charge in [0.15, 0.2) is 0 Å². The molecule has 0 aliphatic heterocycles. The van der Waals surface area contributed by atoms with E-state index in [4.69, 9.17) is 4.42 Å². The molecule has 11 aromatic rings. The van der Waals surface area contributed by atoms with E-state index >= 15 is 0 Å². The molecule has 9 aromatic carbocycles. The van der Waals surface area contributed by atoms with Crippen molar-refractivity contribution in [3.63, 3.8) is 0 Å². The molecular formula is C54H36N2O. The molecule has 57 heavy (non-hydrogen) atoms. The number of benzene rings is 9. The fraction of sp³-hybridized carbons (Fsp3) is 0. The Bertz CT molecular complexity index is 3230. The van der Waals surface area contributed by atoms with Crippen LogP contribution in [-0.4, -0.2) is 4.57 Å². The highest BCUT2D eigenvalue weighted by Gasteiger charge is 2.22. The average molecular weight is 729 g/mol. The number of hydrogen-bond acceptors (Lipinski definition) is 2. The second-order valence-electron chi connectivity index (χ2n) is 14.5. The Labute approximate surface area is 330 Å². The van der Waals surface area contributed by atoms with Gasteiger partial charge >= 0.3 is 0 Å². The van der Waals surface area contributed by atoms with E-state index in [-0.39, 0.29) is 0 Å². The molecule has 11 rings (SSSR count). The highest BCUT2D eigenvalue weighted by molar-refractivity contribution is 6.17. The Kier molecular flexibility index (Phi) is 7.82. The Morgan fingerprint density at radius 3 is 1.77 bits per heavy atom. The molecule has 0 aliphatic carbocycles.